The number of benzene rings is 3. The van der Waals surface area contributed by atoms with Crippen LogP contribution in [0.2, 0.25) is 0 Å². The van der Waals surface area contributed by atoms with Crippen LogP contribution in [0.3, 0.4) is 0 Å². The minimum atomic E-state index is -4.10. The van der Waals surface area contributed by atoms with Crippen LogP contribution < -0.4 is 23.8 Å². The second-order valence-corrected chi connectivity index (χ2v) is 10.2. The standard InChI is InChI=1S/C27H27BrN2O7S/c1-5-13-36-23-12-9-20(16-24(23)35-6-2)27(31)30-29-17-19-14-22(28)26(25(15-19)34-4)37-38(32,33)21-10-7-18(3)8-11-21/h5,7-12,14-17H,1,6,13H2,2-4H3,(H,30,31)/b29-17+. The van der Waals surface area contributed by atoms with Gasteiger partial charge in [0.05, 0.1) is 24.4 Å². The molecule has 1 amide bonds. The zero-order valence-electron chi connectivity index (χ0n) is 21.1. The fourth-order valence-electron chi connectivity index (χ4n) is 3.17. The minimum Gasteiger partial charge on any atom is -0.493 e. The molecule has 0 bridgehead atoms. The Bertz CT molecular complexity index is 1440. The van der Waals surface area contributed by atoms with E-state index in [9.17, 15) is 13.2 Å². The van der Waals surface area contributed by atoms with E-state index in [1.807, 2.05) is 13.8 Å². The lowest BCUT2D eigenvalue weighted by molar-refractivity contribution is 0.0954. The normalized spacial score (nSPS) is 11.2. The van der Waals surface area contributed by atoms with Crippen molar-refractivity contribution >= 4 is 38.2 Å². The number of halogens is 1. The van der Waals surface area contributed by atoms with Gasteiger partial charge in [0.2, 0.25) is 0 Å². The van der Waals surface area contributed by atoms with Crippen LogP contribution in [0.25, 0.3) is 0 Å². The van der Waals surface area contributed by atoms with Crippen molar-refractivity contribution in [2.24, 2.45) is 5.10 Å². The van der Waals surface area contributed by atoms with E-state index in [1.54, 1.807) is 42.5 Å². The SMILES string of the molecule is C=CCOc1ccc(C(=O)N/N=C/c2cc(Br)c(OS(=O)(=O)c3ccc(C)cc3)c(OC)c2)cc1OCC. The average molecular weight is 603 g/mol. The van der Waals surface area contributed by atoms with E-state index < -0.39 is 16.0 Å². The molecular weight excluding hydrogens is 576 g/mol. The highest BCUT2D eigenvalue weighted by atomic mass is 79.9. The number of hydrogen-bond donors (Lipinski definition) is 1. The number of nitrogens with zero attached hydrogens (tertiary/aromatic N) is 1. The summed E-state index contributed by atoms with van der Waals surface area (Å²) in [4.78, 5) is 12.6. The number of ether oxygens (including phenoxy) is 3. The monoisotopic (exact) mass is 602 g/mol. The number of methoxy groups -OCH3 is 1. The summed E-state index contributed by atoms with van der Waals surface area (Å²) in [6.07, 6.45) is 2.99. The molecule has 38 heavy (non-hydrogen) atoms. The molecule has 0 aliphatic rings. The van der Waals surface area contributed by atoms with E-state index in [0.717, 1.165) is 5.56 Å². The topological polar surface area (TPSA) is 113 Å². The zero-order chi connectivity index (χ0) is 27.7. The van der Waals surface area contributed by atoms with Crippen LogP contribution in [0.1, 0.15) is 28.4 Å². The number of carbonyl (C=O) groups excluding carboxylic acids is 1. The molecule has 0 heterocycles. The predicted molar refractivity (Wildman–Crippen MR) is 148 cm³/mol. The van der Waals surface area contributed by atoms with Gasteiger partial charge in [0, 0.05) is 5.56 Å². The molecule has 3 aromatic carbocycles. The van der Waals surface area contributed by atoms with Crippen LogP contribution in [0, 0.1) is 6.92 Å². The first-order valence-corrected chi connectivity index (χ1v) is 13.6. The highest BCUT2D eigenvalue weighted by molar-refractivity contribution is 9.10. The van der Waals surface area contributed by atoms with Crippen LogP contribution >= 0.6 is 15.9 Å². The third-order valence-electron chi connectivity index (χ3n) is 5.00. The molecule has 200 valence electrons. The van der Waals surface area contributed by atoms with Gasteiger partial charge < -0.3 is 18.4 Å². The average Bonchev–Trinajstić information content (AvgIpc) is 2.89. The second kappa shape index (κ2) is 13.1. The third-order valence-corrected chi connectivity index (χ3v) is 6.82. The first-order valence-electron chi connectivity index (χ1n) is 11.4. The lowest BCUT2D eigenvalue weighted by atomic mass is 10.2. The lowest BCUT2D eigenvalue weighted by Gasteiger charge is -2.13. The Balaban J connectivity index is 1.75. The Labute approximate surface area is 230 Å². The Hall–Kier alpha value is -3.83. The molecule has 3 aromatic rings. The quantitative estimate of drug-likeness (QED) is 0.130. The van der Waals surface area contributed by atoms with Gasteiger partial charge >= 0.3 is 10.1 Å². The number of hydrogen-bond acceptors (Lipinski definition) is 8. The number of amides is 1. The van der Waals surface area contributed by atoms with Gasteiger partial charge in [-0.25, -0.2) is 5.43 Å². The van der Waals surface area contributed by atoms with Gasteiger partial charge in [-0.05, 0) is 77.8 Å². The van der Waals surface area contributed by atoms with Crippen molar-refractivity contribution in [3.63, 3.8) is 0 Å². The molecule has 0 aliphatic carbocycles. The minimum absolute atomic E-state index is 0.0122. The van der Waals surface area contributed by atoms with E-state index in [2.05, 4.69) is 33.0 Å². The van der Waals surface area contributed by atoms with E-state index >= 15 is 0 Å². The Morgan fingerprint density at radius 3 is 2.45 bits per heavy atom. The van der Waals surface area contributed by atoms with Gasteiger partial charge in [-0.15, -0.1) is 0 Å². The molecule has 0 spiro atoms. The fourth-order valence-corrected chi connectivity index (χ4v) is 4.78. The number of rotatable bonds is 12. The summed E-state index contributed by atoms with van der Waals surface area (Å²) < 4.78 is 47.6. The van der Waals surface area contributed by atoms with Crippen molar-refractivity contribution in [2.75, 3.05) is 20.3 Å². The predicted octanol–water partition coefficient (Wildman–Crippen LogP) is 5.26. The van der Waals surface area contributed by atoms with Crippen molar-refractivity contribution in [1.82, 2.24) is 5.43 Å². The van der Waals surface area contributed by atoms with Gasteiger partial charge in [-0.1, -0.05) is 30.4 Å². The molecule has 0 saturated carbocycles. The first-order chi connectivity index (χ1) is 18.2. The van der Waals surface area contributed by atoms with Gasteiger partial charge in [0.15, 0.2) is 23.0 Å². The molecule has 0 fully saturated rings. The van der Waals surface area contributed by atoms with E-state index in [4.69, 9.17) is 18.4 Å². The maximum atomic E-state index is 12.7. The molecule has 0 atom stereocenters. The second-order valence-electron chi connectivity index (χ2n) is 7.78. The summed E-state index contributed by atoms with van der Waals surface area (Å²) >= 11 is 3.33. The molecule has 0 unspecified atom stereocenters. The first kappa shape index (κ1) is 28.7. The van der Waals surface area contributed by atoms with Gasteiger partial charge in [0.25, 0.3) is 5.91 Å². The van der Waals surface area contributed by atoms with Gasteiger partial charge in [-0.2, -0.15) is 13.5 Å². The number of carbonyl (C=O) groups is 1. The Morgan fingerprint density at radius 1 is 1.05 bits per heavy atom. The summed E-state index contributed by atoms with van der Waals surface area (Å²) in [5, 5.41) is 4.00. The highest BCUT2D eigenvalue weighted by Gasteiger charge is 2.22. The smallest absolute Gasteiger partial charge is 0.339 e. The summed E-state index contributed by atoms with van der Waals surface area (Å²) in [7, 11) is -2.71. The van der Waals surface area contributed by atoms with Gasteiger partial charge in [0.1, 0.15) is 11.5 Å². The van der Waals surface area contributed by atoms with E-state index in [0.29, 0.717) is 40.3 Å². The van der Waals surface area contributed by atoms with E-state index in [-0.39, 0.29) is 16.4 Å². The largest absolute Gasteiger partial charge is 0.493 e. The van der Waals surface area contributed by atoms with Crippen molar-refractivity contribution in [1.29, 1.82) is 0 Å². The zero-order valence-corrected chi connectivity index (χ0v) is 23.5. The molecule has 9 nitrogen and oxygen atoms in total. The molecule has 0 aromatic heterocycles. The van der Waals surface area contributed by atoms with Crippen molar-refractivity contribution in [3.05, 3.63) is 88.4 Å². The summed E-state index contributed by atoms with van der Waals surface area (Å²) in [5.74, 6) is 0.592. The highest BCUT2D eigenvalue weighted by Crippen LogP contribution is 2.38. The van der Waals surface area contributed by atoms with Crippen LogP contribution in [0.15, 0.2) is 81.7 Å². The maximum Gasteiger partial charge on any atom is 0.339 e. The number of hydrazone groups is 1. The van der Waals surface area contributed by atoms with Crippen LogP contribution in [-0.4, -0.2) is 40.9 Å². The molecule has 11 heteroatoms. The number of nitrogens with one attached hydrogen (secondary N) is 1. The fraction of sp³-hybridized carbons (Fsp3) is 0.185. The third kappa shape index (κ3) is 7.36. The van der Waals surface area contributed by atoms with Crippen LogP contribution in [0.5, 0.6) is 23.0 Å². The van der Waals surface area contributed by atoms with Crippen LogP contribution in [-0.2, 0) is 10.1 Å². The molecule has 3 rings (SSSR count). The Kier molecular flexibility index (Phi) is 9.91. The lowest BCUT2D eigenvalue weighted by Crippen LogP contribution is -2.18. The van der Waals surface area contributed by atoms with Crippen LogP contribution in [0.4, 0.5) is 0 Å². The van der Waals surface area contributed by atoms with Gasteiger partial charge in [-0.3, -0.25) is 4.79 Å². The van der Waals surface area contributed by atoms with Crippen molar-refractivity contribution in [2.45, 2.75) is 18.7 Å². The molecular formula is C27H27BrN2O7S. The van der Waals surface area contributed by atoms with Crippen molar-refractivity contribution < 1.29 is 31.6 Å². The summed E-state index contributed by atoms with van der Waals surface area (Å²) in [6, 6.07) is 14.2. The number of aryl methyl sites for hydroxylation is 1. The molecule has 0 saturated heterocycles. The Morgan fingerprint density at radius 2 is 1.79 bits per heavy atom. The summed E-state index contributed by atoms with van der Waals surface area (Å²) in [6.45, 7) is 8.00. The van der Waals surface area contributed by atoms with Crippen molar-refractivity contribution in [3.8, 4) is 23.0 Å². The molecule has 1 N–H and O–H groups in total. The maximum absolute atomic E-state index is 12.7. The molecule has 0 aliphatic heterocycles. The van der Waals surface area contributed by atoms with E-state index in [1.165, 1.54) is 31.5 Å². The summed E-state index contributed by atoms with van der Waals surface area (Å²) in [5.41, 5.74) is 4.20. The molecule has 0 radical (unpaired) electrons.